The minimum Gasteiger partial charge on any atom is -0.385 e. The van der Waals surface area contributed by atoms with E-state index in [4.69, 9.17) is 9.47 Å². The van der Waals surface area contributed by atoms with Gasteiger partial charge in [0.05, 0.1) is 29.5 Å². The molecule has 1 aromatic rings. The van der Waals surface area contributed by atoms with E-state index in [2.05, 4.69) is 21.0 Å². The lowest BCUT2D eigenvalue weighted by molar-refractivity contribution is 0.0118. The van der Waals surface area contributed by atoms with Crippen molar-refractivity contribution in [2.45, 2.75) is 25.5 Å². The van der Waals surface area contributed by atoms with Crippen molar-refractivity contribution < 1.29 is 14.6 Å². The van der Waals surface area contributed by atoms with E-state index in [-0.39, 0.29) is 0 Å². The Bertz CT molecular complexity index is 352. The van der Waals surface area contributed by atoms with Gasteiger partial charge in [0.2, 0.25) is 0 Å². The van der Waals surface area contributed by atoms with Crippen LogP contribution in [0.25, 0.3) is 0 Å². The van der Waals surface area contributed by atoms with Crippen molar-refractivity contribution in [3.8, 4) is 0 Å². The molecule has 1 rings (SSSR count). The van der Waals surface area contributed by atoms with Crippen LogP contribution in [-0.2, 0) is 21.6 Å². The number of ether oxygens (including phenoxy) is 2. The summed E-state index contributed by atoms with van der Waals surface area (Å²) in [6, 6.07) is 0. The zero-order chi connectivity index (χ0) is 12.9. The van der Waals surface area contributed by atoms with Gasteiger partial charge >= 0.3 is 0 Å². The largest absolute Gasteiger partial charge is 0.385 e. The fraction of sp³-hybridized carbons (Fsp3) is 0.727. The Hall–Kier alpha value is -0.430. The molecule has 0 aliphatic heterocycles. The van der Waals surface area contributed by atoms with Crippen molar-refractivity contribution in [2.24, 2.45) is 0 Å². The van der Waals surface area contributed by atoms with Crippen LogP contribution in [0.5, 0.6) is 0 Å². The highest BCUT2D eigenvalue weighted by Crippen LogP contribution is 2.30. The molecular weight excluding hydrogens is 288 g/mol. The molecule has 0 aliphatic rings. The van der Waals surface area contributed by atoms with E-state index in [9.17, 15) is 5.11 Å². The Morgan fingerprint density at radius 3 is 2.65 bits per heavy atom. The fourth-order valence-electron chi connectivity index (χ4n) is 1.66. The Balaban J connectivity index is 2.89. The zero-order valence-corrected chi connectivity index (χ0v) is 12.0. The molecule has 5 nitrogen and oxygen atoms in total. The van der Waals surface area contributed by atoms with Crippen molar-refractivity contribution >= 4 is 15.9 Å². The molecule has 0 spiro atoms. The van der Waals surface area contributed by atoms with Gasteiger partial charge in [-0.3, -0.25) is 4.68 Å². The lowest BCUT2D eigenvalue weighted by Gasteiger charge is -2.24. The molecule has 1 atom stereocenters. The number of rotatable bonds is 7. The molecule has 0 saturated carbocycles. The molecule has 1 N–H and O–H groups in total. The Morgan fingerprint density at radius 2 is 2.06 bits per heavy atom. The van der Waals surface area contributed by atoms with Crippen LogP contribution >= 0.6 is 15.9 Å². The van der Waals surface area contributed by atoms with Crippen molar-refractivity contribution in [1.29, 1.82) is 0 Å². The quantitative estimate of drug-likeness (QED) is 0.830. The standard InChI is InChI=1S/C11H19BrN2O3/c1-11(15,4-6-16-2)10-9(12)8-13-14(10)5-7-17-3/h8,15H,4-7H2,1-3H3. The van der Waals surface area contributed by atoms with E-state index in [0.717, 1.165) is 10.2 Å². The lowest BCUT2D eigenvalue weighted by atomic mass is 9.98. The van der Waals surface area contributed by atoms with Gasteiger partial charge in [-0.25, -0.2) is 0 Å². The molecular formula is C11H19BrN2O3. The Morgan fingerprint density at radius 1 is 1.41 bits per heavy atom. The highest BCUT2D eigenvalue weighted by atomic mass is 79.9. The molecule has 1 unspecified atom stereocenters. The third kappa shape index (κ3) is 3.77. The Kier molecular flexibility index (Phi) is 5.58. The second-order valence-electron chi connectivity index (χ2n) is 4.07. The molecule has 0 aliphatic carbocycles. The van der Waals surface area contributed by atoms with Gasteiger partial charge in [0.25, 0.3) is 0 Å². The summed E-state index contributed by atoms with van der Waals surface area (Å²) >= 11 is 3.41. The third-order valence-electron chi connectivity index (χ3n) is 2.61. The first-order chi connectivity index (χ1) is 8.03. The highest BCUT2D eigenvalue weighted by molar-refractivity contribution is 9.10. The monoisotopic (exact) mass is 306 g/mol. The van der Waals surface area contributed by atoms with Crippen LogP contribution < -0.4 is 0 Å². The van der Waals surface area contributed by atoms with Gasteiger partial charge in [-0.2, -0.15) is 5.10 Å². The molecule has 17 heavy (non-hydrogen) atoms. The number of hydrogen-bond donors (Lipinski definition) is 1. The number of methoxy groups -OCH3 is 2. The molecule has 98 valence electrons. The molecule has 0 saturated heterocycles. The van der Waals surface area contributed by atoms with Crippen LogP contribution in [0.4, 0.5) is 0 Å². The highest BCUT2D eigenvalue weighted by Gasteiger charge is 2.29. The predicted octanol–water partition coefficient (Wildman–Crippen LogP) is 1.54. The molecule has 0 aromatic carbocycles. The molecule has 1 heterocycles. The van der Waals surface area contributed by atoms with Crippen LogP contribution in [0.3, 0.4) is 0 Å². The van der Waals surface area contributed by atoms with E-state index in [1.807, 2.05) is 0 Å². The average Bonchev–Trinajstić information content (AvgIpc) is 2.66. The molecule has 0 bridgehead atoms. The summed E-state index contributed by atoms with van der Waals surface area (Å²) in [6.07, 6.45) is 2.20. The second-order valence-corrected chi connectivity index (χ2v) is 4.93. The normalized spacial score (nSPS) is 14.9. The van der Waals surface area contributed by atoms with Crippen molar-refractivity contribution in [3.05, 3.63) is 16.4 Å². The Labute approximate surface area is 110 Å². The van der Waals surface area contributed by atoms with Crippen molar-refractivity contribution in [1.82, 2.24) is 9.78 Å². The van der Waals surface area contributed by atoms with Crippen LogP contribution in [0, 0.1) is 0 Å². The number of halogens is 1. The smallest absolute Gasteiger partial charge is 0.107 e. The second kappa shape index (κ2) is 6.49. The van der Waals surface area contributed by atoms with E-state index in [1.54, 1.807) is 32.0 Å². The molecule has 0 radical (unpaired) electrons. The van der Waals surface area contributed by atoms with E-state index in [1.165, 1.54) is 0 Å². The van der Waals surface area contributed by atoms with Gasteiger partial charge in [-0.05, 0) is 22.9 Å². The maximum absolute atomic E-state index is 10.5. The minimum atomic E-state index is -0.973. The lowest BCUT2D eigenvalue weighted by Crippen LogP contribution is -2.28. The van der Waals surface area contributed by atoms with Gasteiger partial charge < -0.3 is 14.6 Å². The fourth-order valence-corrected chi connectivity index (χ4v) is 2.39. The first kappa shape index (κ1) is 14.6. The van der Waals surface area contributed by atoms with Gasteiger partial charge in [0.15, 0.2) is 0 Å². The summed E-state index contributed by atoms with van der Waals surface area (Å²) < 4.78 is 12.6. The topological polar surface area (TPSA) is 56.5 Å². The number of aromatic nitrogens is 2. The van der Waals surface area contributed by atoms with E-state index in [0.29, 0.717) is 26.2 Å². The van der Waals surface area contributed by atoms with Gasteiger partial charge in [0.1, 0.15) is 5.60 Å². The summed E-state index contributed by atoms with van der Waals surface area (Å²) in [5.74, 6) is 0. The summed E-state index contributed by atoms with van der Waals surface area (Å²) in [6.45, 7) is 3.42. The van der Waals surface area contributed by atoms with Gasteiger partial charge in [-0.1, -0.05) is 0 Å². The molecule has 0 fully saturated rings. The predicted molar refractivity (Wildman–Crippen MR) is 67.9 cm³/mol. The maximum Gasteiger partial charge on any atom is 0.107 e. The van der Waals surface area contributed by atoms with Crippen LogP contribution in [0.2, 0.25) is 0 Å². The minimum absolute atomic E-state index is 0.495. The number of hydrogen-bond acceptors (Lipinski definition) is 4. The zero-order valence-electron chi connectivity index (χ0n) is 10.4. The first-order valence-corrected chi connectivity index (χ1v) is 6.24. The molecule has 6 heteroatoms. The summed E-state index contributed by atoms with van der Waals surface area (Å²) in [5.41, 5.74) is -0.217. The van der Waals surface area contributed by atoms with Gasteiger partial charge in [0, 0.05) is 27.2 Å². The summed E-state index contributed by atoms with van der Waals surface area (Å²) in [4.78, 5) is 0. The molecule has 0 amide bonds. The third-order valence-corrected chi connectivity index (χ3v) is 3.19. The van der Waals surface area contributed by atoms with Crippen LogP contribution in [0.1, 0.15) is 19.0 Å². The van der Waals surface area contributed by atoms with Crippen LogP contribution in [0.15, 0.2) is 10.7 Å². The number of nitrogens with zero attached hydrogens (tertiary/aromatic N) is 2. The van der Waals surface area contributed by atoms with E-state index >= 15 is 0 Å². The summed E-state index contributed by atoms with van der Waals surface area (Å²) in [7, 11) is 3.26. The van der Waals surface area contributed by atoms with Gasteiger partial charge in [-0.15, -0.1) is 0 Å². The van der Waals surface area contributed by atoms with E-state index < -0.39 is 5.60 Å². The van der Waals surface area contributed by atoms with Crippen molar-refractivity contribution in [3.63, 3.8) is 0 Å². The summed E-state index contributed by atoms with van der Waals surface area (Å²) in [5, 5.41) is 14.7. The van der Waals surface area contributed by atoms with Crippen molar-refractivity contribution in [2.75, 3.05) is 27.4 Å². The maximum atomic E-state index is 10.5. The first-order valence-electron chi connectivity index (χ1n) is 5.45. The average molecular weight is 307 g/mol. The molecule has 1 aromatic heterocycles. The SMILES string of the molecule is COCCn1ncc(Br)c1C(C)(O)CCOC. The van der Waals surface area contributed by atoms with Crippen LogP contribution in [-0.4, -0.2) is 42.3 Å². The number of aliphatic hydroxyl groups is 1.